The third-order valence-electron chi connectivity index (χ3n) is 4.18. The molecule has 3 rings (SSSR count). The van der Waals surface area contributed by atoms with Crippen LogP contribution < -0.4 is 16.4 Å². The number of Topliss-reactive ketones (excluding diaryl/α,β-unsaturated/α-hetero) is 1. The van der Waals surface area contributed by atoms with Crippen LogP contribution in [-0.2, 0) is 0 Å². The Morgan fingerprint density at radius 2 is 2.08 bits per heavy atom. The van der Waals surface area contributed by atoms with Crippen molar-refractivity contribution in [1.29, 1.82) is 0 Å². The van der Waals surface area contributed by atoms with Crippen LogP contribution in [0.15, 0.2) is 30.5 Å². The first-order valence-electron chi connectivity index (χ1n) is 8.00. The first kappa shape index (κ1) is 16.7. The molecule has 0 radical (unpaired) electrons. The summed E-state index contributed by atoms with van der Waals surface area (Å²) in [6.45, 7) is 1.74. The molecule has 0 bridgehead atoms. The van der Waals surface area contributed by atoms with Gasteiger partial charge in [0, 0.05) is 29.9 Å². The van der Waals surface area contributed by atoms with Gasteiger partial charge in [0.15, 0.2) is 11.5 Å². The van der Waals surface area contributed by atoms with E-state index in [4.69, 9.17) is 5.73 Å². The molecule has 1 aliphatic heterocycles. The molecule has 24 heavy (non-hydrogen) atoms. The summed E-state index contributed by atoms with van der Waals surface area (Å²) in [6, 6.07) is 7.29. The summed E-state index contributed by atoms with van der Waals surface area (Å²) < 4.78 is 1.66. The van der Waals surface area contributed by atoms with E-state index in [-0.39, 0.29) is 17.4 Å². The van der Waals surface area contributed by atoms with E-state index in [0.717, 1.165) is 31.6 Å². The van der Waals surface area contributed by atoms with Crippen LogP contribution in [0.2, 0.25) is 0 Å². The molecule has 1 unspecified atom stereocenters. The quantitative estimate of drug-likeness (QED) is 0.536. The molecule has 1 amide bonds. The Kier molecular flexibility index (Phi) is 5.00. The van der Waals surface area contributed by atoms with Crippen molar-refractivity contribution in [1.82, 2.24) is 14.1 Å². The van der Waals surface area contributed by atoms with Crippen LogP contribution in [0.1, 0.15) is 33.7 Å². The minimum Gasteiger partial charge on any atom is -0.372 e. The molecule has 2 heterocycles. The van der Waals surface area contributed by atoms with Crippen LogP contribution in [0, 0.1) is 5.92 Å². The monoisotopic (exact) mass is 341 g/mol. The summed E-state index contributed by atoms with van der Waals surface area (Å²) >= 11 is 0.663. The van der Waals surface area contributed by atoms with Gasteiger partial charge in [-0.1, -0.05) is 0 Å². The van der Waals surface area contributed by atoms with Crippen molar-refractivity contribution in [3.05, 3.63) is 41.7 Å². The van der Waals surface area contributed by atoms with E-state index in [1.807, 2.05) is 24.3 Å². The van der Waals surface area contributed by atoms with Gasteiger partial charge in [0.25, 0.3) is 5.91 Å². The average Bonchev–Trinajstić information content (AvgIpc) is 2.96. The molecule has 8 heteroatoms. The zero-order valence-corrected chi connectivity index (χ0v) is 15.6. The number of nitrogens with zero attached hydrogens (tertiary/aromatic N) is 2. The second-order valence-electron chi connectivity index (χ2n) is 6.04. The smallest absolute Gasteiger partial charge is 0.372 e. The fraction of sp³-hybridized carbons (Fsp3) is 0.312. The zero-order chi connectivity index (χ0) is 17.1. The Balaban J connectivity index is 1.73. The highest BCUT2D eigenvalue weighted by molar-refractivity contribution is 6.07. The van der Waals surface area contributed by atoms with Gasteiger partial charge < -0.3 is 20.0 Å². The molecular weight excluding hydrogens is 321 g/mol. The van der Waals surface area contributed by atoms with Gasteiger partial charge in [-0.05, 0) is 43.7 Å². The van der Waals surface area contributed by atoms with Gasteiger partial charge in [0.2, 0.25) is 0 Å². The minimum absolute atomic E-state index is 0.0577. The molecule has 0 spiro atoms. The number of nitrogens with two attached hydrogens (primary N) is 1. The van der Waals surface area contributed by atoms with Crippen molar-refractivity contribution in [2.75, 3.05) is 18.4 Å². The molecule has 1 aromatic heterocycles. The molecule has 1 aliphatic rings. The zero-order valence-electron chi connectivity index (χ0n) is 13.6. The molecule has 124 valence electrons. The highest BCUT2D eigenvalue weighted by atomic mass is 27.1. The van der Waals surface area contributed by atoms with Gasteiger partial charge >= 0.3 is 16.5 Å². The number of anilines is 2. The third kappa shape index (κ3) is 3.67. The molecule has 1 atom stereocenters. The molecule has 7 nitrogen and oxygen atoms in total. The lowest BCUT2D eigenvalue weighted by molar-refractivity contribution is 0.0899. The van der Waals surface area contributed by atoms with Crippen molar-refractivity contribution in [2.45, 2.75) is 12.8 Å². The number of aromatic nitrogens is 2. The Morgan fingerprint density at radius 1 is 1.33 bits per heavy atom. The van der Waals surface area contributed by atoms with E-state index in [9.17, 15) is 9.59 Å². The second-order valence-corrected chi connectivity index (χ2v) is 6.96. The Labute approximate surface area is 148 Å². The lowest BCUT2D eigenvalue weighted by Gasteiger charge is -2.21. The molecule has 1 aromatic carbocycles. The fourth-order valence-electron chi connectivity index (χ4n) is 2.95. The maximum absolute atomic E-state index is 12.5. The number of ketones is 1. The van der Waals surface area contributed by atoms with E-state index >= 15 is 0 Å². The Bertz CT molecular complexity index is 750. The maximum Gasteiger partial charge on any atom is 0.398 e. The summed E-state index contributed by atoms with van der Waals surface area (Å²) in [5.74, 6) is -0.329. The van der Waals surface area contributed by atoms with Crippen molar-refractivity contribution in [2.24, 2.45) is 11.7 Å². The van der Waals surface area contributed by atoms with E-state index < -0.39 is 5.91 Å². The van der Waals surface area contributed by atoms with E-state index in [1.165, 1.54) is 0 Å². The molecular formula is C16H20AlN5O2. The summed E-state index contributed by atoms with van der Waals surface area (Å²) in [4.78, 5) is 23.9. The second kappa shape index (κ2) is 7.18. The minimum atomic E-state index is -0.566. The lowest BCUT2D eigenvalue weighted by atomic mass is 9.91. The number of rotatable bonds is 5. The van der Waals surface area contributed by atoms with Crippen molar-refractivity contribution < 1.29 is 9.59 Å². The lowest BCUT2D eigenvalue weighted by Crippen LogP contribution is -2.34. The summed E-state index contributed by atoms with van der Waals surface area (Å²) in [7, 11) is 0. The third-order valence-corrected chi connectivity index (χ3v) is 4.64. The van der Waals surface area contributed by atoms with Crippen LogP contribution in [0.3, 0.4) is 0 Å². The van der Waals surface area contributed by atoms with Gasteiger partial charge in [-0.2, -0.15) is 5.10 Å². The first-order chi connectivity index (χ1) is 11.5. The maximum atomic E-state index is 12.5. The molecule has 1 fully saturated rings. The number of hydrogen-bond donors (Lipinski definition) is 3. The van der Waals surface area contributed by atoms with Gasteiger partial charge in [0.05, 0.1) is 5.69 Å². The number of nitrogens with one attached hydrogen (secondary N) is 2. The number of carbonyl (C=O) groups is 2. The molecule has 1 saturated heterocycles. The van der Waals surface area contributed by atoms with Crippen LogP contribution in [0.5, 0.6) is 0 Å². The van der Waals surface area contributed by atoms with Crippen LogP contribution in [0.4, 0.5) is 11.4 Å². The van der Waals surface area contributed by atoms with Gasteiger partial charge in [0.1, 0.15) is 0 Å². The Morgan fingerprint density at radius 3 is 2.71 bits per heavy atom. The number of piperidine rings is 1. The number of benzene rings is 1. The number of primary amides is 1. The van der Waals surface area contributed by atoms with Crippen LogP contribution >= 0.6 is 0 Å². The van der Waals surface area contributed by atoms with E-state index in [2.05, 4.69) is 15.7 Å². The molecule has 4 N–H and O–H groups in total. The topological polar surface area (TPSA) is 102 Å². The van der Waals surface area contributed by atoms with Gasteiger partial charge in [-0.25, -0.2) is 0 Å². The predicted octanol–water partition coefficient (Wildman–Crippen LogP) is 0.304. The van der Waals surface area contributed by atoms with Crippen LogP contribution in [-0.4, -0.2) is 50.1 Å². The summed E-state index contributed by atoms with van der Waals surface area (Å²) in [6.07, 6.45) is 3.72. The predicted molar refractivity (Wildman–Crippen MR) is 94.3 cm³/mol. The van der Waals surface area contributed by atoms with Crippen molar-refractivity contribution >= 4 is 39.6 Å². The Hall–Kier alpha value is -2.14. The summed E-state index contributed by atoms with van der Waals surface area (Å²) in [5.41, 5.74) is 7.63. The van der Waals surface area contributed by atoms with Gasteiger partial charge in [-0.15, -0.1) is 0 Å². The highest BCUT2D eigenvalue weighted by Gasteiger charge is 2.22. The SMILES string of the molecule is NC(=O)c1n[n]([AlH2])cc1Nc1ccc(C(=O)C2CCCNC2)cc1. The number of carbonyl (C=O) groups excluding carboxylic acids is 2. The number of amides is 1. The number of hydrogen-bond acceptors (Lipinski definition) is 5. The van der Waals surface area contributed by atoms with Gasteiger partial charge in [-0.3, -0.25) is 9.59 Å². The normalized spacial score (nSPS) is 17.4. The van der Waals surface area contributed by atoms with Crippen molar-refractivity contribution in [3.8, 4) is 0 Å². The van der Waals surface area contributed by atoms with E-state index in [0.29, 0.717) is 27.8 Å². The van der Waals surface area contributed by atoms with Crippen molar-refractivity contribution in [3.63, 3.8) is 0 Å². The highest BCUT2D eigenvalue weighted by Crippen LogP contribution is 2.22. The summed E-state index contributed by atoms with van der Waals surface area (Å²) in [5, 5.41) is 10.5. The van der Waals surface area contributed by atoms with E-state index in [1.54, 1.807) is 9.86 Å². The first-order valence-corrected chi connectivity index (χ1v) is 8.89. The molecule has 0 aliphatic carbocycles. The standard InChI is InChI=1S/C16H19N5O2.Al.2H/c17-16(23)14-13(9-19-21-14)20-12-5-3-10(4-6-12)15(22)11-2-1-7-18-8-11;;;/h3-6,9,11,18H,1-2,7-8H2,(H4,17,19,20,21,22,23);;;/q;+1;;/p-1. The largest absolute Gasteiger partial charge is 0.398 e. The van der Waals surface area contributed by atoms with Crippen LogP contribution in [0.25, 0.3) is 0 Å². The molecule has 0 saturated carbocycles. The average molecular weight is 341 g/mol. The fourth-order valence-corrected chi connectivity index (χ4v) is 3.40. The molecule has 2 aromatic rings.